The fourth-order valence-electron chi connectivity index (χ4n) is 4.36. The Morgan fingerprint density at radius 1 is 0.690 bits per heavy atom. The summed E-state index contributed by atoms with van der Waals surface area (Å²) in [5, 5.41) is 4.28. The summed E-state index contributed by atoms with van der Waals surface area (Å²) in [6.45, 7) is 0.0406. The number of rotatable bonds is 0. The van der Waals surface area contributed by atoms with Crippen LogP contribution in [-0.4, -0.2) is 12.4 Å². The molecule has 0 unspecified atom stereocenters. The Morgan fingerprint density at radius 3 is 2.10 bits per heavy atom. The first-order valence-electron chi connectivity index (χ1n) is 9.59. The van der Waals surface area contributed by atoms with Crippen LogP contribution in [0.15, 0.2) is 85.1 Å². The highest BCUT2D eigenvalue weighted by molar-refractivity contribution is 6.34. The predicted molar refractivity (Wildman–Crippen MR) is 115 cm³/mol. The lowest BCUT2D eigenvalue weighted by molar-refractivity contribution is -0.116. The topological polar surface area (TPSA) is 35.5 Å². The molecule has 2 aliphatic heterocycles. The van der Waals surface area contributed by atoms with E-state index in [0.29, 0.717) is 5.57 Å². The Kier molecular flexibility index (Phi) is 3.38. The molecule has 0 saturated heterocycles. The van der Waals surface area contributed by atoms with Crippen LogP contribution in [0.4, 0.5) is 0 Å². The Bertz CT molecular complexity index is 1390. The SMILES string of the molecule is O=C1COc2ccc3ccccc3c2C1=C1C=COc2ccc3ccccc3c21. The number of hydrogen-bond acceptors (Lipinski definition) is 3. The molecule has 29 heavy (non-hydrogen) atoms. The molecule has 0 N–H and O–H groups in total. The monoisotopic (exact) mass is 376 g/mol. The molecule has 0 atom stereocenters. The van der Waals surface area contributed by atoms with Gasteiger partial charge in [-0.05, 0) is 39.8 Å². The summed E-state index contributed by atoms with van der Waals surface area (Å²) in [5.41, 5.74) is 3.39. The number of allylic oxidation sites excluding steroid dienone is 2. The van der Waals surface area contributed by atoms with Crippen molar-refractivity contribution >= 4 is 38.5 Å². The smallest absolute Gasteiger partial charge is 0.201 e. The second-order valence-electron chi connectivity index (χ2n) is 7.24. The van der Waals surface area contributed by atoms with E-state index < -0.39 is 0 Å². The minimum atomic E-state index is -0.0192. The molecule has 0 aliphatic carbocycles. The highest BCUT2D eigenvalue weighted by Gasteiger charge is 2.30. The number of carbonyl (C=O) groups is 1. The van der Waals surface area contributed by atoms with Crippen molar-refractivity contribution in [2.75, 3.05) is 6.61 Å². The maximum absolute atomic E-state index is 13.2. The van der Waals surface area contributed by atoms with Gasteiger partial charge < -0.3 is 9.47 Å². The van der Waals surface area contributed by atoms with Crippen molar-refractivity contribution in [3.8, 4) is 11.5 Å². The molecule has 0 saturated carbocycles. The summed E-state index contributed by atoms with van der Waals surface area (Å²) in [4.78, 5) is 13.2. The number of ether oxygens (including phenoxy) is 2. The minimum Gasteiger partial charge on any atom is -0.485 e. The van der Waals surface area contributed by atoms with Crippen LogP contribution in [0.3, 0.4) is 0 Å². The van der Waals surface area contributed by atoms with E-state index in [0.717, 1.165) is 49.7 Å². The zero-order valence-corrected chi connectivity index (χ0v) is 15.5. The van der Waals surface area contributed by atoms with Gasteiger partial charge in [0, 0.05) is 22.3 Å². The van der Waals surface area contributed by atoms with Gasteiger partial charge in [0.2, 0.25) is 5.78 Å². The quantitative estimate of drug-likeness (QED) is 0.365. The van der Waals surface area contributed by atoms with Crippen molar-refractivity contribution in [2.45, 2.75) is 0 Å². The zero-order valence-electron chi connectivity index (χ0n) is 15.5. The van der Waals surface area contributed by atoms with Gasteiger partial charge in [0.15, 0.2) is 6.61 Å². The molecule has 0 radical (unpaired) electrons. The molecule has 0 amide bonds. The molecule has 138 valence electrons. The fourth-order valence-corrected chi connectivity index (χ4v) is 4.36. The van der Waals surface area contributed by atoms with Crippen molar-refractivity contribution in [1.29, 1.82) is 0 Å². The molecule has 2 heterocycles. The number of ketones is 1. The van der Waals surface area contributed by atoms with Gasteiger partial charge in [0.25, 0.3) is 0 Å². The zero-order chi connectivity index (χ0) is 19.4. The summed E-state index contributed by atoms with van der Waals surface area (Å²) in [6, 6.07) is 24.3. The van der Waals surface area contributed by atoms with E-state index in [1.807, 2.05) is 60.7 Å². The van der Waals surface area contributed by atoms with Crippen molar-refractivity contribution < 1.29 is 14.3 Å². The normalized spacial score (nSPS) is 17.6. The van der Waals surface area contributed by atoms with Crippen molar-refractivity contribution in [1.82, 2.24) is 0 Å². The van der Waals surface area contributed by atoms with Crippen LogP contribution in [0.25, 0.3) is 32.7 Å². The third-order valence-corrected chi connectivity index (χ3v) is 5.64. The number of fused-ring (bicyclic) bond motifs is 6. The first-order valence-corrected chi connectivity index (χ1v) is 9.59. The van der Waals surface area contributed by atoms with Crippen LogP contribution in [0, 0.1) is 0 Å². The molecule has 0 spiro atoms. The standard InChI is InChI=1S/C26H16O3/c27-21-15-29-23-12-10-17-6-2-4-8-19(17)26(23)25(21)20-13-14-28-22-11-9-16-5-1-3-7-18(16)24(20)22/h1-14H,15H2. The van der Waals surface area contributed by atoms with E-state index in [9.17, 15) is 4.79 Å². The average molecular weight is 376 g/mol. The molecule has 2 aliphatic rings. The largest absolute Gasteiger partial charge is 0.485 e. The van der Waals surface area contributed by atoms with Crippen LogP contribution in [0.1, 0.15) is 11.1 Å². The third kappa shape index (κ3) is 2.34. The van der Waals surface area contributed by atoms with E-state index in [1.165, 1.54) is 0 Å². The van der Waals surface area contributed by atoms with Gasteiger partial charge >= 0.3 is 0 Å². The summed E-state index contributed by atoms with van der Waals surface area (Å²) >= 11 is 0. The molecule has 6 rings (SSSR count). The summed E-state index contributed by atoms with van der Waals surface area (Å²) in [6.07, 6.45) is 3.56. The lowest BCUT2D eigenvalue weighted by Gasteiger charge is -2.25. The highest BCUT2D eigenvalue weighted by atomic mass is 16.5. The number of carbonyl (C=O) groups excluding carboxylic acids is 1. The van der Waals surface area contributed by atoms with Crippen molar-refractivity contribution in [2.24, 2.45) is 0 Å². The average Bonchev–Trinajstić information content (AvgIpc) is 2.78. The van der Waals surface area contributed by atoms with Crippen LogP contribution in [0.5, 0.6) is 11.5 Å². The molecular formula is C26H16O3. The molecule has 4 aromatic carbocycles. The fraction of sp³-hybridized carbons (Fsp3) is 0.0385. The lowest BCUT2D eigenvalue weighted by atomic mass is 9.85. The molecule has 0 bridgehead atoms. The summed E-state index contributed by atoms with van der Waals surface area (Å²) in [7, 11) is 0. The van der Waals surface area contributed by atoms with Gasteiger partial charge in [0.1, 0.15) is 11.5 Å². The third-order valence-electron chi connectivity index (χ3n) is 5.64. The van der Waals surface area contributed by atoms with E-state index in [-0.39, 0.29) is 12.4 Å². The maximum atomic E-state index is 13.2. The van der Waals surface area contributed by atoms with E-state index in [2.05, 4.69) is 18.2 Å². The van der Waals surface area contributed by atoms with Gasteiger partial charge in [-0.3, -0.25) is 4.79 Å². The molecule has 0 aromatic heterocycles. The van der Waals surface area contributed by atoms with Crippen LogP contribution < -0.4 is 9.47 Å². The molecule has 4 aromatic rings. The Morgan fingerprint density at radius 2 is 1.34 bits per heavy atom. The minimum absolute atomic E-state index is 0.0192. The Labute approximate surface area is 167 Å². The number of benzene rings is 4. The second-order valence-corrected chi connectivity index (χ2v) is 7.24. The van der Waals surface area contributed by atoms with E-state index in [1.54, 1.807) is 6.26 Å². The van der Waals surface area contributed by atoms with E-state index >= 15 is 0 Å². The van der Waals surface area contributed by atoms with E-state index in [4.69, 9.17) is 9.47 Å². The van der Waals surface area contributed by atoms with Crippen molar-refractivity contribution in [3.63, 3.8) is 0 Å². The van der Waals surface area contributed by atoms with Crippen LogP contribution in [0.2, 0.25) is 0 Å². The maximum Gasteiger partial charge on any atom is 0.201 e. The number of Topliss-reactive ketones (excluding diaryl/α,β-unsaturated/α-hetero) is 1. The van der Waals surface area contributed by atoms with Gasteiger partial charge in [0.05, 0.1) is 6.26 Å². The lowest BCUT2D eigenvalue weighted by Crippen LogP contribution is -2.21. The molecule has 3 nitrogen and oxygen atoms in total. The first kappa shape index (κ1) is 16.1. The van der Waals surface area contributed by atoms with Gasteiger partial charge in [-0.2, -0.15) is 0 Å². The van der Waals surface area contributed by atoms with Crippen molar-refractivity contribution in [3.05, 3.63) is 96.3 Å². The predicted octanol–water partition coefficient (Wildman–Crippen LogP) is 5.77. The van der Waals surface area contributed by atoms with Gasteiger partial charge in [-0.15, -0.1) is 0 Å². The molecule has 3 heteroatoms. The summed E-state index contributed by atoms with van der Waals surface area (Å²) < 4.78 is 11.6. The van der Waals surface area contributed by atoms with Crippen LogP contribution >= 0.6 is 0 Å². The number of hydrogen-bond donors (Lipinski definition) is 0. The Balaban J connectivity index is 1.77. The first-order chi connectivity index (χ1) is 14.3. The van der Waals surface area contributed by atoms with Gasteiger partial charge in [-0.1, -0.05) is 60.7 Å². The second kappa shape index (κ2) is 6.08. The Hall–Kier alpha value is -3.85. The highest BCUT2D eigenvalue weighted by Crippen LogP contribution is 2.45. The van der Waals surface area contributed by atoms with Gasteiger partial charge in [-0.25, -0.2) is 0 Å². The molecular weight excluding hydrogens is 360 g/mol. The van der Waals surface area contributed by atoms with Crippen LogP contribution in [-0.2, 0) is 4.79 Å². The molecule has 0 fully saturated rings. The summed E-state index contributed by atoms with van der Waals surface area (Å²) in [5.74, 6) is 1.48.